The van der Waals surface area contributed by atoms with Crippen molar-refractivity contribution in [2.75, 3.05) is 42.9 Å². The van der Waals surface area contributed by atoms with Crippen LogP contribution in [-0.4, -0.2) is 95.2 Å². The molecule has 2 fully saturated rings. The monoisotopic (exact) mass is 820 g/mol. The van der Waals surface area contributed by atoms with Crippen molar-refractivity contribution in [2.45, 2.75) is 91.0 Å². The molecule has 0 bridgehead atoms. The average molecular weight is 821 g/mol. The molecule has 2 heterocycles. The van der Waals surface area contributed by atoms with E-state index in [1.165, 1.54) is 17.2 Å². The number of piperazine rings is 1. The van der Waals surface area contributed by atoms with Crippen LogP contribution >= 0.6 is 0 Å². The van der Waals surface area contributed by atoms with Crippen LogP contribution in [0.1, 0.15) is 81.6 Å². The summed E-state index contributed by atoms with van der Waals surface area (Å²) in [6.07, 6.45) is 4.28. The Bertz CT molecular complexity index is 2110. The normalized spacial score (nSPS) is 15.7. The summed E-state index contributed by atoms with van der Waals surface area (Å²) in [5.74, 6) is -3.44. The van der Waals surface area contributed by atoms with E-state index in [1.54, 1.807) is 40.7 Å². The predicted molar refractivity (Wildman–Crippen MR) is 217 cm³/mol. The number of benzene rings is 2. The van der Waals surface area contributed by atoms with Crippen LogP contribution in [0.15, 0.2) is 47.4 Å². The summed E-state index contributed by atoms with van der Waals surface area (Å²) < 4.78 is 22.5. The number of carbonyl (C=O) groups is 6. The van der Waals surface area contributed by atoms with Crippen molar-refractivity contribution in [2.24, 2.45) is 11.1 Å². The molecule has 0 spiro atoms. The number of fused-ring (bicyclic) bond motifs is 1. The molecule has 1 aliphatic carbocycles. The van der Waals surface area contributed by atoms with Crippen LogP contribution in [0.3, 0.4) is 0 Å². The number of carbonyl (C=O) groups excluding carboxylic acids is 5. The summed E-state index contributed by atoms with van der Waals surface area (Å²) in [5.41, 5.74) is 4.42. The van der Waals surface area contributed by atoms with Gasteiger partial charge in [0.2, 0.25) is 23.2 Å². The highest BCUT2D eigenvalue weighted by molar-refractivity contribution is 6.08. The van der Waals surface area contributed by atoms with E-state index in [-0.39, 0.29) is 68.8 Å². The molecule has 318 valence electrons. The Balaban J connectivity index is 1.15. The number of carboxylic acid groups (broad SMARTS) is 1. The highest BCUT2D eigenvalue weighted by Gasteiger charge is 2.51. The lowest BCUT2D eigenvalue weighted by Crippen LogP contribution is -2.59. The molecule has 2 aromatic carbocycles. The van der Waals surface area contributed by atoms with Crippen LogP contribution in [-0.2, 0) is 32.3 Å². The molecule has 59 heavy (non-hydrogen) atoms. The Morgan fingerprint density at radius 3 is 2.24 bits per heavy atom. The third-order valence-corrected chi connectivity index (χ3v) is 10.9. The number of primary amides is 1. The number of aromatic carboxylic acids is 1. The molecule has 2 aliphatic rings. The topological polar surface area (TPSA) is 234 Å². The Morgan fingerprint density at radius 1 is 0.966 bits per heavy atom. The quantitative estimate of drug-likeness (QED) is 0.0854. The lowest BCUT2D eigenvalue weighted by atomic mass is 9.67. The summed E-state index contributed by atoms with van der Waals surface area (Å²) in [7, 11) is 0. The molecule has 5 rings (SSSR count). The molecular formula is C41H53FN8O9. The zero-order valence-corrected chi connectivity index (χ0v) is 33.6. The van der Waals surface area contributed by atoms with E-state index >= 15 is 4.39 Å². The van der Waals surface area contributed by atoms with Gasteiger partial charge in [-0.2, -0.15) is 0 Å². The number of urea groups is 1. The minimum absolute atomic E-state index is 0.0262. The van der Waals surface area contributed by atoms with Gasteiger partial charge in [-0.15, -0.1) is 0 Å². The number of hydrogen-bond acceptors (Lipinski definition) is 9. The third-order valence-electron chi connectivity index (χ3n) is 10.9. The van der Waals surface area contributed by atoms with Crippen LogP contribution < -0.4 is 37.3 Å². The molecule has 18 heteroatoms. The predicted octanol–water partition coefficient (Wildman–Crippen LogP) is 3.66. The molecule has 1 unspecified atom stereocenters. The summed E-state index contributed by atoms with van der Waals surface area (Å²) in [5, 5.41) is 20.4. The fourth-order valence-electron chi connectivity index (χ4n) is 7.37. The van der Waals surface area contributed by atoms with E-state index in [0.29, 0.717) is 49.0 Å². The number of pyridine rings is 1. The first-order valence-electron chi connectivity index (χ1n) is 20.0. The van der Waals surface area contributed by atoms with Gasteiger partial charge in [-0.05, 0) is 75.8 Å². The molecule has 0 radical (unpaired) electrons. The molecule has 2 atom stereocenters. The number of ether oxygens (including phenoxy) is 1. The fourth-order valence-corrected chi connectivity index (χ4v) is 7.37. The zero-order chi connectivity index (χ0) is 42.9. The Morgan fingerprint density at radius 2 is 1.64 bits per heavy atom. The fraction of sp³-hybridized carbons (Fsp3) is 0.488. The Labute approximate surface area is 340 Å². The van der Waals surface area contributed by atoms with Gasteiger partial charge in [0.15, 0.2) is 0 Å². The summed E-state index contributed by atoms with van der Waals surface area (Å²) in [6.45, 7) is 7.21. The molecule has 1 saturated carbocycles. The third kappa shape index (κ3) is 10.5. The summed E-state index contributed by atoms with van der Waals surface area (Å²) >= 11 is 0. The van der Waals surface area contributed by atoms with E-state index in [0.717, 1.165) is 18.9 Å². The van der Waals surface area contributed by atoms with E-state index in [4.69, 9.17) is 10.5 Å². The lowest BCUT2D eigenvalue weighted by Gasteiger charge is -2.40. The van der Waals surface area contributed by atoms with Gasteiger partial charge in [0.05, 0.1) is 11.2 Å². The standard InChI is InChI=1S/C41H53FN8O9/c1-4-8-25(3)45-37(55)41(14-7-15-41)38(56)47-31(9-6-16-44-39(43)57)35(52)46-27-12-10-26(11-13-27)24-59-40(58)50-19-17-49(18-20-50)33-22-32-28(21-30(33)42)34(51)29(36(53)54)23-48(32)5-2/h10-13,21-23,25,31H,4-9,14-20,24H2,1-3H3,(H,45,55)(H,46,52)(H,47,56)(H,53,54)(H3,43,44,57)/t25?,31-/m0/s1. The molecule has 1 aromatic heterocycles. The smallest absolute Gasteiger partial charge is 0.410 e. The van der Waals surface area contributed by atoms with Crippen molar-refractivity contribution < 1.29 is 43.0 Å². The second-order valence-corrected chi connectivity index (χ2v) is 15.1. The van der Waals surface area contributed by atoms with Crippen LogP contribution in [0.4, 0.5) is 25.4 Å². The van der Waals surface area contributed by atoms with Gasteiger partial charge in [0.1, 0.15) is 29.4 Å². The number of carboxylic acids is 1. The number of halogens is 1. The number of nitrogens with zero attached hydrogens (tertiary/aromatic N) is 3. The second kappa shape index (κ2) is 19.5. The first-order chi connectivity index (χ1) is 28.2. The van der Waals surface area contributed by atoms with Crippen molar-refractivity contribution in [1.29, 1.82) is 0 Å². The van der Waals surface area contributed by atoms with Gasteiger partial charge in [0, 0.05) is 62.6 Å². The average Bonchev–Trinajstić information content (AvgIpc) is 3.18. The molecule has 3 aromatic rings. The molecule has 7 N–H and O–H groups in total. The van der Waals surface area contributed by atoms with Gasteiger partial charge < -0.3 is 51.2 Å². The highest BCUT2D eigenvalue weighted by atomic mass is 19.1. The maximum absolute atomic E-state index is 15.3. The van der Waals surface area contributed by atoms with Gasteiger partial charge in [-0.3, -0.25) is 19.2 Å². The van der Waals surface area contributed by atoms with Crippen molar-refractivity contribution in [3.05, 3.63) is 69.8 Å². The van der Waals surface area contributed by atoms with E-state index in [2.05, 4.69) is 21.3 Å². The van der Waals surface area contributed by atoms with Crippen LogP contribution in [0.25, 0.3) is 10.9 Å². The van der Waals surface area contributed by atoms with Gasteiger partial charge in [-0.1, -0.05) is 31.9 Å². The number of aryl methyl sites for hydroxylation is 1. The number of aromatic nitrogens is 1. The first kappa shape index (κ1) is 43.9. The molecule has 6 amide bonds. The molecular weight excluding hydrogens is 767 g/mol. The Hall–Kier alpha value is -6.20. The number of nitrogens with two attached hydrogens (primary N) is 1. The van der Waals surface area contributed by atoms with Crippen molar-refractivity contribution >= 4 is 58.1 Å². The van der Waals surface area contributed by atoms with Gasteiger partial charge in [0.25, 0.3) is 0 Å². The molecule has 17 nitrogen and oxygen atoms in total. The minimum Gasteiger partial charge on any atom is -0.477 e. The second-order valence-electron chi connectivity index (χ2n) is 15.1. The number of anilines is 2. The molecule has 1 aliphatic heterocycles. The van der Waals surface area contributed by atoms with Crippen molar-refractivity contribution in [3.63, 3.8) is 0 Å². The zero-order valence-electron chi connectivity index (χ0n) is 33.6. The number of amides is 6. The number of rotatable bonds is 17. The van der Waals surface area contributed by atoms with Crippen molar-refractivity contribution in [1.82, 2.24) is 25.4 Å². The number of nitrogens with one attached hydrogen (secondary N) is 4. The maximum Gasteiger partial charge on any atom is 0.410 e. The van der Waals surface area contributed by atoms with Crippen LogP contribution in [0.5, 0.6) is 0 Å². The number of hydrogen-bond donors (Lipinski definition) is 6. The maximum atomic E-state index is 15.3. The van der Waals surface area contributed by atoms with E-state index < -0.39 is 58.2 Å². The van der Waals surface area contributed by atoms with Gasteiger partial charge >= 0.3 is 18.1 Å². The molecule has 1 saturated heterocycles. The summed E-state index contributed by atoms with van der Waals surface area (Å²) in [6, 6.07) is 7.37. The summed E-state index contributed by atoms with van der Waals surface area (Å²) in [4.78, 5) is 92.1. The lowest BCUT2D eigenvalue weighted by molar-refractivity contribution is -0.151. The van der Waals surface area contributed by atoms with E-state index in [9.17, 15) is 38.7 Å². The van der Waals surface area contributed by atoms with Crippen molar-refractivity contribution in [3.8, 4) is 0 Å². The Kier molecular flexibility index (Phi) is 14.5. The highest BCUT2D eigenvalue weighted by Crippen LogP contribution is 2.42. The van der Waals surface area contributed by atoms with Crippen LogP contribution in [0, 0.1) is 11.2 Å². The van der Waals surface area contributed by atoms with E-state index in [1.807, 2.05) is 13.8 Å². The van der Waals surface area contributed by atoms with Crippen LogP contribution in [0.2, 0.25) is 0 Å². The largest absolute Gasteiger partial charge is 0.477 e. The van der Waals surface area contributed by atoms with Gasteiger partial charge in [-0.25, -0.2) is 18.8 Å². The minimum atomic E-state index is -1.39. The first-order valence-corrected chi connectivity index (χ1v) is 20.0. The SMILES string of the molecule is CCCC(C)NC(=O)C1(C(=O)N[C@@H](CCCNC(N)=O)C(=O)Nc2ccc(COC(=O)N3CCN(c4cc5c(cc4F)c(=O)c(C(=O)O)cn5CC)CC3)cc2)CCC1.